The zero-order chi connectivity index (χ0) is 19.9. The first kappa shape index (κ1) is 20.1. The second kappa shape index (κ2) is 9.49. The van der Waals surface area contributed by atoms with Gasteiger partial charge in [-0.1, -0.05) is 73.2 Å². The highest BCUT2D eigenvalue weighted by Crippen LogP contribution is 2.29. The molecule has 0 aliphatic carbocycles. The van der Waals surface area contributed by atoms with E-state index in [0.717, 1.165) is 23.1 Å². The quantitative estimate of drug-likeness (QED) is 0.252. The van der Waals surface area contributed by atoms with Gasteiger partial charge in [0.25, 0.3) is 0 Å². The van der Waals surface area contributed by atoms with Gasteiger partial charge < -0.3 is 0 Å². The van der Waals surface area contributed by atoms with Crippen LogP contribution in [-0.4, -0.2) is 5.16 Å². The Morgan fingerprint density at radius 2 is 1.50 bits per heavy atom. The van der Waals surface area contributed by atoms with E-state index in [1.807, 2.05) is 25.1 Å². The smallest absolute Gasteiger partial charge is 0.0955 e. The number of halogens is 1. The molecular formula is C25H20ClNS. The van der Waals surface area contributed by atoms with Crippen LogP contribution in [0, 0.1) is 18.8 Å². The van der Waals surface area contributed by atoms with Gasteiger partial charge in [0, 0.05) is 11.1 Å². The molecule has 0 atom stereocenters. The highest BCUT2D eigenvalue weighted by atomic mass is 35.5. The standard InChI is InChI=1S/C25H20ClNS/c1-3-4-19-7-11-22(12-8-19)23-13-9-20(10-14-23)5-6-21-15-18(2)25(27-17-28)24(26)16-21/h7-16H,3-4H2,1-2H3. The number of rotatable bonds is 4. The fraction of sp³-hybridized carbons (Fsp3) is 0.160. The van der Waals surface area contributed by atoms with E-state index in [0.29, 0.717) is 10.7 Å². The minimum atomic E-state index is 0.531. The van der Waals surface area contributed by atoms with Crippen LogP contribution in [0.4, 0.5) is 5.69 Å². The number of aryl methyl sites for hydroxylation is 2. The van der Waals surface area contributed by atoms with E-state index in [-0.39, 0.29) is 0 Å². The minimum absolute atomic E-state index is 0.531. The Bertz CT molecular complexity index is 1060. The van der Waals surface area contributed by atoms with E-state index >= 15 is 0 Å². The van der Waals surface area contributed by atoms with Crippen molar-refractivity contribution in [3.63, 3.8) is 0 Å². The van der Waals surface area contributed by atoms with Gasteiger partial charge in [0.2, 0.25) is 0 Å². The summed E-state index contributed by atoms with van der Waals surface area (Å²) in [5, 5.41) is 2.89. The molecule has 0 radical (unpaired) electrons. The van der Waals surface area contributed by atoms with Crippen LogP contribution in [0.1, 0.15) is 35.6 Å². The lowest BCUT2D eigenvalue weighted by molar-refractivity contribution is 0.922. The Hall–Kier alpha value is -2.69. The van der Waals surface area contributed by atoms with Crippen LogP contribution >= 0.6 is 23.8 Å². The predicted molar refractivity (Wildman–Crippen MR) is 123 cm³/mol. The van der Waals surface area contributed by atoms with Crippen molar-refractivity contribution >= 4 is 34.7 Å². The van der Waals surface area contributed by atoms with E-state index in [1.165, 1.54) is 23.1 Å². The van der Waals surface area contributed by atoms with Crippen molar-refractivity contribution in [3.05, 3.63) is 87.9 Å². The average molecular weight is 402 g/mol. The van der Waals surface area contributed by atoms with E-state index in [9.17, 15) is 0 Å². The second-order valence-corrected chi connectivity index (χ2v) is 7.19. The van der Waals surface area contributed by atoms with Crippen molar-refractivity contribution in [3.8, 4) is 23.0 Å². The van der Waals surface area contributed by atoms with Crippen LogP contribution < -0.4 is 0 Å². The van der Waals surface area contributed by atoms with Crippen molar-refractivity contribution < 1.29 is 0 Å². The summed E-state index contributed by atoms with van der Waals surface area (Å²) in [6.07, 6.45) is 2.29. The minimum Gasteiger partial charge on any atom is -0.193 e. The first-order valence-corrected chi connectivity index (χ1v) is 9.98. The summed E-state index contributed by atoms with van der Waals surface area (Å²) in [7, 11) is 0. The molecule has 3 aromatic rings. The molecule has 0 spiro atoms. The SMILES string of the molecule is CCCc1ccc(-c2ccc(C#Cc3cc(C)c(N=C=S)c(Cl)c3)cc2)cc1. The lowest BCUT2D eigenvalue weighted by atomic mass is 10.0. The number of nitrogens with zero attached hydrogens (tertiary/aromatic N) is 1. The van der Waals surface area contributed by atoms with E-state index in [1.54, 1.807) is 6.07 Å². The number of aliphatic imine (C=N–C) groups is 1. The van der Waals surface area contributed by atoms with Gasteiger partial charge in [-0.05, 0) is 72.1 Å². The lowest BCUT2D eigenvalue weighted by Gasteiger charge is -2.04. The van der Waals surface area contributed by atoms with Crippen molar-refractivity contribution in [2.45, 2.75) is 26.7 Å². The number of hydrogen-bond donors (Lipinski definition) is 0. The fourth-order valence-corrected chi connectivity index (χ4v) is 3.44. The molecule has 0 aromatic heterocycles. The second-order valence-electron chi connectivity index (χ2n) is 6.60. The first-order chi connectivity index (χ1) is 13.6. The van der Waals surface area contributed by atoms with Crippen molar-refractivity contribution in [1.82, 2.24) is 0 Å². The van der Waals surface area contributed by atoms with Gasteiger partial charge in [-0.15, -0.1) is 0 Å². The largest absolute Gasteiger partial charge is 0.193 e. The molecule has 0 bridgehead atoms. The summed E-state index contributed by atoms with van der Waals surface area (Å²) in [5.41, 5.74) is 7.17. The normalized spacial score (nSPS) is 9.96. The molecular weight excluding hydrogens is 382 g/mol. The summed E-state index contributed by atoms with van der Waals surface area (Å²) in [4.78, 5) is 4.00. The average Bonchev–Trinajstić information content (AvgIpc) is 2.70. The summed E-state index contributed by atoms with van der Waals surface area (Å²) in [6, 6.07) is 20.8. The molecule has 0 unspecified atom stereocenters. The van der Waals surface area contributed by atoms with Crippen molar-refractivity contribution in [1.29, 1.82) is 0 Å². The molecule has 0 amide bonds. The number of thiocarbonyl (C=S) groups is 1. The van der Waals surface area contributed by atoms with Gasteiger partial charge in [-0.3, -0.25) is 0 Å². The molecule has 1 nitrogen and oxygen atoms in total. The van der Waals surface area contributed by atoms with Gasteiger partial charge in [0.1, 0.15) is 0 Å². The van der Waals surface area contributed by atoms with Gasteiger partial charge >= 0.3 is 0 Å². The zero-order valence-corrected chi connectivity index (χ0v) is 17.5. The van der Waals surface area contributed by atoms with Crippen LogP contribution in [0.5, 0.6) is 0 Å². The van der Waals surface area contributed by atoms with Gasteiger partial charge in [0.05, 0.1) is 15.9 Å². The molecule has 0 aliphatic rings. The fourth-order valence-electron chi connectivity index (χ4n) is 3.04. The monoisotopic (exact) mass is 401 g/mol. The Morgan fingerprint density at radius 1 is 0.893 bits per heavy atom. The van der Waals surface area contributed by atoms with Crippen molar-refractivity contribution in [2.24, 2.45) is 4.99 Å². The first-order valence-electron chi connectivity index (χ1n) is 9.20. The maximum Gasteiger partial charge on any atom is 0.0955 e. The molecule has 28 heavy (non-hydrogen) atoms. The van der Waals surface area contributed by atoms with Crippen molar-refractivity contribution in [2.75, 3.05) is 0 Å². The Balaban J connectivity index is 1.79. The third kappa shape index (κ3) is 4.97. The number of isothiocyanates is 1. The lowest BCUT2D eigenvalue weighted by Crippen LogP contribution is -1.84. The van der Waals surface area contributed by atoms with Crippen LogP contribution in [0.25, 0.3) is 11.1 Å². The third-order valence-electron chi connectivity index (χ3n) is 4.47. The summed E-state index contributed by atoms with van der Waals surface area (Å²) < 4.78 is 0. The highest BCUT2D eigenvalue weighted by molar-refractivity contribution is 7.78. The predicted octanol–water partition coefficient (Wildman–Crippen LogP) is 7.40. The molecule has 3 aromatic carbocycles. The number of benzene rings is 3. The molecule has 138 valence electrons. The maximum absolute atomic E-state index is 6.27. The Morgan fingerprint density at radius 3 is 2.07 bits per heavy atom. The van der Waals surface area contributed by atoms with E-state index < -0.39 is 0 Å². The highest BCUT2D eigenvalue weighted by Gasteiger charge is 2.04. The molecule has 0 heterocycles. The van der Waals surface area contributed by atoms with Crippen LogP contribution in [-0.2, 0) is 6.42 Å². The summed E-state index contributed by atoms with van der Waals surface area (Å²) in [6.45, 7) is 4.13. The topological polar surface area (TPSA) is 12.4 Å². The molecule has 3 heteroatoms. The van der Waals surface area contributed by atoms with Crippen LogP contribution in [0.15, 0.2) is 65.7 Å². The molecule has 0 saturated carbocycles. The Labute approximate surface area is 177 Å². The maximum atomic E-state index is 6.27. The molecule has 0 aliphatic heterocycles. The summed E-state index contributed by atoms with van der Waals surface area (Å²) >= 11 is 10.9. The third-order valence-corrected chi connectivity index (χ3v) is 4.85. The zero-order valence-electron chi connectivity index (χ0n) is 15.9. The molecule has 0 N–H and O–H groups in total. The Kier molecular flexibility index (Phi) is 6.80. The molecule has 0 fully saturated rings. The molecule has 0 saturated heterocycles. The van der Waals surface area contributed by atoms with E-state index in [4.69, 9.17) is 11.6 Å². The van der Waals surface area contributed by atoms with Gasteiger partial charge in [-0.2, -0.15) is 4.99 Å². The van der Waals surface area contributed by atoms with Crippen LogP contribution in [0.3, 0.4) is 0 Å². The van der Waals surface area contributed by atoms with Gasteiger partial charge in [-0.25, -0.2) is 0 Å². The number of hydrogen-bond acceptors (Lipinski definition) is 2. The van der Waals surface area contributed by atoms with E-state index in [2.05, 4.69) is 77.5 Å². The van der Waals surface area contributed by atoms with Gasteiger partial charge in [0.15, 0.2) is 0 Å². The van der Waals surface area contributed by atoms with Crippen LogP contribution in [0.2, 0.25) is 5.02 Å². The molecule has 3 rings (SSSR count). The summed E-state index contributed by atoms with van der Waals surface area (Å²) in [5.74, 6) is 6.37.